The predicted molar refractivity (Wildman–Crippen MR) is 165 cm³/mol. The molecule has 0 aromatic heterocycles. The second-order valence-corrected chi connectivity index (χ2v) is 12.3. The van der Waals surface area contributed by atoms with Crippen LogP contribution in [0.5, 0.6) is 5.75 Å². The first-order chi connectivity index (χ1) is 20.5. The minimum atomic E-state index is -1.30. The van der Waals surface area contributed by atoms with E-state index in [0.29, 0.717) is 12.5 Å². The smallest absolute Gasteiger partial charge is 0.410 e. The lowest BCUT2D eigenvalue weighted by Gasteiger charge is -2.33. The molecule has 1 heterocycles. The molecule has 0 unspecified atom stereocenters. The van der Waals surface area contributed by atoms with Crippen LogP contribution in [0.3, 0.4) is 0 Å². The number of rotatable bonds is 13. The highest BCUT2D eigenvalue weighted by molar-refractivity contribution is 5.85. The zero-order valence-corrected chi connectivity index (χ0v) is 26.4. The first-order valence-corrected chi connectivity index (χ1v) is 15.3. The molecule has 9 nitrogen and oxygen atoms in total. The Balaban J connectivity index is 1.40. The second kappa shape index (κ2) is 16.2. The highest BCUT2D eigenvalue weighted by Gasteiger charge is 2.37. The molecule has 2 amide bonds. The highest BCUT2D eigenvalue weighted by atomic mass is 16.6. The molecule has 0 bridgehead atoms. The van der Waals surface area contributed by atoms with Crippen molar-refractivity contribution in [3.63, 3.8) is 0 Å². The Morgan fingerprint density at radius 1 is 0.884 bits per heavy atom. The van der Waals surface area contributed by atoms with Crippen LogP contribution < -0.4 is 10.1 Å². The van der Waals surface area contributed by atoms with Gasteiger partial charge >= 0.3 is 18.2 Å². The van der Waals surface area contributed by atoms with Crippen LogP contribution in [-0.4, -0.2) is 60.5 Å². The van der Waals surface area contributed by atoms with Gasteiger partial charge in [0.25, 0.3) is 0 Å². The maximum absolute atomic E-state index is 12.8. The van der Waals surface area contributed by atoms with Crippen molar-refractivity contribution >= 4 is 18.2 Å². The largest absolute Gasteiger partial charge is 0.494 e. The van der Waals surface area contributed by atoms with E-state index in [2.05, 4.69) is 5.32 Å². The zero-order valence-electron chi connectivity index (χ0n) is 26.4. The molecule has 1 aliphatic heterocycles. The third kappa shape index (κ3) is 11.8. The zero-order chi connectivity index (χ0) is 31.3. The van der Waals surface area contributed by atoms with Gasteiger partial charge in [-0.2, -0.15) is 0 Å². The van der Waals surface area contributed by atoms with Gasteiger partial charge in [0.2, 0.25) is 0 Å². The van der Waals surface area contributed by atoms with Crippen LogP contribution in [0.2, 0.25) is 0 Å². The number of likely N-dealkylation sites (tertiary alicyclic amines) is 1. The molecule has 0 aliphatic carbocycles. The van der Waals surface area contributed by atoms with Crippen molar-refractivity contribution in [2.75, 3.05) is 26.3 Å². The van der Waals surface area contributed by atoms with Crippen molar-refractivity contribution in [2.24, 2.45) is 5.92 Å². The summed E-state index contributed by atoms with van der Waals surface area (Å²) in [6, 6.07) is 16.9. The third-order valence-corrected chi connectivity index (χ3v) is 7.34. The van der Waals surface area contributed by atoms with Crippen molar-refractivity contribution in [3.8, 4) is 5.75 Å². The number of piperidine rings is 1. The fourth-order valence-corrected chi connectivity index (χ4v) is 5.01. The molecule has 236 valence electrons. The Labute approximate surface area is 256 Å². The number of hydrogen-bond acceptors (Lipinski definition) is 7. The van der Waals surface area contributed by atoms with Gasteiger partial charge in [0.1, 0.15) is 23.5 Å². The van der Waals surface area contributed by atoms with E-state index in [1.54, 1.807) is 13.8 Å². The predicted octanol–water partition coefficient (Wildman–Crippen LogP) is 6.67. The van der Waals surface area contributed by atoms with Crippen LogP contribution in [-0.2, 0) is 32.0 Å². The summed E-state index contributed by atoms with van der Waals surface area (Å²) in [5.41, 5.74) is -0.0571. The van der Waals surface area contributed by atoms with Gasteiger partial charge in [0.15, 0.2) is 0 Å². The van der Waals surface area contributed by atoms with E-state index in [1.165, 1.54) is 0 Å². The summed E-state index contributed by atoms with van der Waals surface area (Å²) in [6.45, 7) is 11.5. The summed E-state index contributed by atoms with van der Waals surface area (Å²) in [6.07, 6.45) is 4.49. The molecular weight excluding hydrogens is 548 g/mol. The van der Waals surface area contributed by atoms with Crippen molar-refractivity contribution in [1.82, 2.24) is 10.2 Å². The van der Waals surface area contributed by atoms with Crippen LogP contribution in [0.15, 0.2) is 54.6 Å². The average Bonchev–Trinajstić information content (AvgIpc) is 2.97. The number of carbonyl (C=O) groups excluding carboxylic acids is 3. The first kappa shape index (κ1) is 33.7. The molecule has 1 saturated heterocycles. The number of hydrogen-bond donors (Lipinski definition) is 1. The van der Waals surface area contributed by atoms with Crippen LogP contribution in [0, 0.1) is 5.92 Å². The lowest BCUT2D eigenvalue weighted by atomic mass is 9.92. The second-order valence-electron chi connectivity index (χ2n) is 12.3. The van der Waals surface area contributed by atoms with E-state index in [-0.39, 0.29) is 25.7 Å². The number of alkyl carbamates (subject to hydrolysis) is 1. The van der Waals surface area contributed by atoms with Crippen molar-refractivity contribution < 1.29 is 33.3 Å². The van der Waals surface area contributed by atoms with Gasteiger partial charge in [-0.1, -0.05) is 48.9 Å². The van der Waals surface area contributed by atoms with E-state index >= 15 is 0 Å². The van der Waals surface area contributed by atoms with Gasteiger partial charge in [-0.3, -0.25) is 0 Å². The molecule has 43 heavy (non-hydrogen) atoms. The Morgan fingerprint density at radius 2 is 1.56 bits per heavy atom. The van der Waals surface area contributed by atoms with E-state index in [9.17, 15) is 14.4 Å². The molecule has 1 fully saturated rings. The fraction of sp³-hybridized carbons (Fsp3) is 0.559. The fourth-order valence-electron chi connectivity index (χ4n) is 5.01. The molecule has 2 aromatic carbocycles. The lowest BCUT2D eigenvalue weighted by Crippen LogP contribution is -2.54. The molecule has 0 radical (unpaired) electrons. The number of unbranched alkanes of at least 4 members (excludes halogenated alkanes) is 1. The maximum atomic E-state index is 12.8. The molecule has 1 aliphatic rings. The van der Waals surface area contributed by atoms with E-state index in [1.807, 2.05) is 80.3 Å². The monoisotopic (exact) mass is 596 g/mol. The van der Waals surface area contributed by atoms with Gasteiger partial charge in [-0.15, -0.1) is 0 Å². The molecular formula is C34H48N2O7. The van der Waals surface area contributed by atoms with E-state index in [4.69, 9.17) is 18.9 Å². The summed E-state index contributed by atoms with van der Waals surface area (Å²) >= 11 is 0. The summed E-state index contributed by atoms with van der Waals surface area (Å²) in [5.74, 6) is 0.848. The standard InChI is InChI=1S/C34H48N2O7/c1-6-40-30(37)34(5,35-31(38)42-25-28-13-8-7-9-14-28)24-27-15-17-29(18-16-27)41-23-11-10-12-26-19-21-36(22-20-26)32(39)43-33(2,3)4/h7-9,13-18,26H,6,10-12,19-25H2,1-5H3,(H,35,38)/t34-/m0/s1. The molecule has 9 heteroatoms. The van der Waals surface area contributed by atoms with Gasteiger partial charge in [0, 0.05) is 19.5 Å². The topological polar surface area (TPSA) is 103 Å². The van der Waals surface area contributed by atoms with Crippen LogP contribution in [0.4, 0.5) is 9.59 Å². The SMILES string of the molecule is CCOC(=O)[C@](C)(Cc1ccc(OCCCCC2CCN(C(=O)OC(C)(C)C)CC2)cc1)NC(=O)OCc1ccccc1. The number of amides is 2. The molecule has 1 atom stereocenters. The summed E-state index contributed by atoms with van der Waals surface area (Å²) in [4.78, 5) is 39.5. The summed E-state index contributed by atoms with van der Waals surface area (Å²) in [7, 11) is 0. The van der Waals surface area contributed by atoms with Crippen LogP contribution >= 0.6 is 0 Å². The van der Waals surface area contributed by atoms with Gasteiger partial charge in [0.05, 0.1) is 13.2 Å². The molecule has 1 N–H and O–H groups in total. The minimum absolute atomic E-state index is 0.102. The number of esters is 1. The van der Waals surface area contributed by atoms with Crippen molar-refractivity contribution in [2.45, 2.75) is 90.9 Å². The quantitative estimate of drug-likeness (QED) is 0.156. The number of carbonyl (C=O) groups is 3. The van der Waals surface area contributed by atoms with E-state index in [0.717, 1.165) is 62.1 Å². The number of nitrogens with one attached hydrogen (secondary N) is 1. The first-order valence-electron chi connectivity index (χ1n) is 15.3. The average molecular weight is 597 g/mol. The molecule has 3 rings (SSSR count). The molecule has 0 spiro atoms. The Bertz CT molecular complexity index is 1160. The molecule has 0 saturated carbocycles. The van der Waals surface area contributed by atoms with Crippen LogP contribution in [0.25, 0.3) is 0 Å². The summed E-state index contributed by atoms with van der Waals surface area (Å²) < 4.78 is 22.0. The number of nitrogens with zero attached hydrogens (tertiary/aromatic N) is 1. The Morgan fingerprint density at radius 3 is 2.19 bits per heavy atom. The van der Waals surface area contributed by atoms with Crippen molar-refractivity contribution in [1.29, 1.82) is 0 Å². The van der Waals surface area contributed by atoms with Crippen molar-refractivity contribution in [3.05, 3.63) is 65.7 Å². The minimum Gasteiger partial charge on any atom is -0.494 e. The number of ether oxygens (including phenoxy) is 4. The Hall–Kier alpha value is -3.75. The summed E-state index contributed by atoms with van der Waals surface area (Å²) in [5, 5.41) is 2.71. The van der Waals surface area contributed by atoms with Gasteiger partial charge < -0.3 is 29.2 Å². The molecule has 2 aromatic rings. The highest BCUT2D eigenvalue weighted by Crippen LogP contribution is 2.24. The van der Waals surface area contributed by atoms with E-state index < -0.39 is 23.2 Å². The van der Waals surface area contributed by atoms with Crippen LogP contribution in [0.1, 0.15) is 77.8 Å². The lowest BCUT2D eigenvalue weighted by molar-refractivity contribution is -0.150. The number of benzene rings is 2. The van der Waals surface area contributed by atoms with Gasteiger partial charge in [-0.05, 0) is 89.5 Å². The van der Waals surface area contributed by atoms with Gasteiger partial charge in [-0.25, -0.2) is 14.4 Å². The maximum Gasteiger partial charge on any atom is 0.410 e. The Kier molecular flexibility index (Phi) is 12.7. The normalized spacial score (nSPS) is 15.2. The third-order valence-electron chi connectivity index (χ3n) is 7.34.